The van der Waals surface area contributed by atoms with Crippen molar-refractivity contribution >= 4 is 5.91 Å². The highest BCUT2D eigenvalue weighted by atomic mass is 16.5. The third kappa shape index (κ3) is 4.78. The van der Waals surface area contributed by atoms with Crippen molar-refractivity contribution in [1.29, 1.82) is 5.26 Å². The number of nitrogens with zero attached hydrogens (tertiary/aromatic N) is 1. The molecule has 1 aromatic carbocycles. The molecule has 0 spiro atoms. The van der Waals surface area contributed by atoms with Crippen molar-refractivity contribution < 1.29 is 19.0 Å². The number of ether oxygens (including phenoxy) is 3. The molecule has 0 aliphatic rings. The smallest absolute Gasteiger partial charge is 0.245 e. The van der Waals surface area contributed by atoms with Crippen LogP contribution in [-0.2, 0) is 4.79 Å². The Hall–Kier alpha value is -2.94. The number of hydrogen-bond donors (Lipinski definition) is 1. The maximum Gasteiger partial charge on any atom is 0.245 e. The minimum Gasteiger partial charge on any atom is -0.493 e. The van der Waals surface area contributed by atoms with E-state index in [9.17, 15) is 10.1 Å². The van der Waals surface area contributed by atoms with Crippen molar-refractivity contribution in [3.63, 3.8) is 0 Å². The van der Waals surface area contributed by atoms with Gasteiger partial charge in [0, 0.05) is 6.08 Å². The Morgan fingerprint density at radius 3 is 2.22 bits per heavy atom. The van der Waals surface area contributed by atoms with Gasteiger partial charge in [-0.3, -0.25) is 4.79 Å². The molecule has 0 aromatic heterocycles. The van der Waals surface area contributed by atoms with E-state index in [-0.39, 0.29) is 5.91 Å². The third-order valence-corrected chi connectivity index (χ3v) is 2.99. The number of carbonyl (C=O) groups is 1. The van der Waals surface area contributed by atoms with Gasteiger partial charge in [-0.15, -0.1) is 0 Å². The van der Waals surface area contributed by atoms with Crippen molar-refractivity contribution in [3.05, 3.63) is 42.0 Å². The van der Waals surface area contributed by atoms with E-state index in [4.69, 9.17) is 14.2 Å². The van der Waals surface area contributed by atoms with E-state index < -0.39 is 6.04 Å². The molecule has 1 atom stereocenters. The molecule has 6 nitrogen and oxygen atoms in total. The second kappa shape index (κ2) is 9.15. The monoisotopic (exact) mass is 316 g/mol. The lowest BCUT2D eigenvalue weighted by molar-refractivity contribution is -0.116. The standard InChI is InChI=1S/C17H20N2O4/c1-5-6-7-8-16(20)19-13(11-18)12-9-14(21-2)17(23-4)15(10-12)22-3/h5-10,13H,1-4H3,(H,19,20)/b6-5+,8-7+/t13-/m1/s1. The number of methoxy groups -OCH3 is 3. The van der Waals surface area contributed by atoms with Gasteiger partial charge in [0.2, 0.25) is 11.7 Å². The molecule has 0 heterocycles. The van der Waals surface area contributed by atoms with Gasteiger partial charge in [-0.2, -0.15) is 5.26 Å². The maximum absolute atomic E-state index is 11.8. The Balaban J connectivity index is 3.11. The summed E-state index contributed by atoms with van der Waals surface area (Å²) in [5, 5.41) is 11.9. The summed E-state index contributed by atoms with van der Waals surface area (Å²) in [7, 11) is 4.47. The first kappa shape index (κ1) is 18.1. The molecule has 0 saturated heterocycles. The Bertz CT molecular complexity index is 619. The molecule has 0 aliphatic carbocycles. The largest absolute Gasteiger partial charge is 0.493 e. The van der Waals surface area contributed by atoms with Gasteiger partial charge >= 0.3 is 0 Å². The maximum atomic E-state index is 11.8. The zero-order valence-electron chi connectivity index (χ0n) is 13.6. The predicted octanol–water partition coefficient (Wildman–Crippen LogP) is 2.53. The molecule has 6 heteroatoms. The van der Waals surface area contributed by atoms with Crippen LogP contribution < -0.4 is 19.5 Å². The van der Waals surface area contributed by atoms with Crippen molar-refractivity contribution in [1.82, 2.24) is 5.32 Å². The van der Waals surface area contributed by atoms with E-state index in [1.807, 2.05) is 13.0 Å². The number of benzene rings is 1. The molecule has 1 N–H and O–H groups in total. The highest BCUT2D eigenvalue weighted by molar-refractivity contribution is 5.88. The Labute approximate surface area is 136 Å². The van der Waals surface area contributed by atoms with Crippen molar-refractivity contribution in [2.24, 2.45) is 0 Å². The number of allylic oxidation sites excluding steroid dienone is 3. The lowest BCUT2D eigenvalue weighted by Crippen LogP contribution is -2.25. The van der Waals surface area contributed by atoms with Gasteiger partial charge in [0.25, 0.3) is 0 Å². The lowest BCUT2D eigenvalue weighted by Gasteiger charge is -2.16. The summed E-state index contributed by atoms with van der Waals surface area (Å²) in [4.78, 5) is 11.8. The van der Waals surface area contributed by atoms with Gasteiger partial charge in [-0.25, -0.2) is 0 Å². The summed E-state index contributed by atoms with van der Waals surface area (Å²) < 4.78 is 15.7. The minimum absolute atomic E-state index is 0.372. The number of amides is 1. The van der Waals surface area contributed by atoms with Crippen LogP contribution in [0.3, 0.4) is 0 Å². The van der Waals surface area contributed by atoms with Gasteiger partial charge in [0.1, 0.15) is 6.04 Å². The first-order valence-electron chi connectivity index (χ1n) is 6.90. The summed E-state index contributed by atoms with van der Waals surface area (Å²) in [6.45, 7) is 1.84. The summed E-state index contributed by atoms with van der Waals surface area (Å²) in [5.74, 6) is 0.889. The van der Waals surface area contributed by atoms with Crippen LogP contribution in [0, 0.1) is 11.3 Å². The molecule has 122 valence electrons. The van der Waals surface area contributed by atoms with Gasteiger partial charge in [0.15, 0.2) is 11.5 Å². The van der Waals surface area contributed by atoms with Gasteiger partial charge in [-0.1, -0.05) is 18.2 Å². The van der Waals surface area contributed by atoms with Crippen LogP contribution in [0.15, 0.2) is 36.4 Å². The molecule has 0 fully saturated rings. The van der Waals surface area contributed by atoms with Crippen LogP contribution in [0.1, 0.15) is 18.5 Å². The highest BCUT2D eigenvalue weighted by Gasteiger charge is 2.19. The highest BCUT2D eigenvalue weighted by Crippen LogP contribution is 2.39. The van der Waals surface area contributed by atoms with Crippen LogP contribution in [0.4, 0.5) is 0 Å². The molecular formula is C17H20N2O4. The summed E-state index contributed by atoms with van der Waals surface area (Å²) in [6.07, 6.45) is 6.46. The molecule has 1 rings (SSSR count). The van der Waals surface area contributed by atoms with Crippen LogP contribution in [0.25, 0.3) is 0 Å². The molecule has 0 bridgehead atoms. The number of nitrogens with one attached hydrogen (secondary N) is 1. The number of rotatable bonds is 7. The lowest BCUT2D eigenvalue weighted by atomic mass is 10.1. The summed E-state index contributed by atoms with van der Waals surface area (Å²) in [6, 6.07) is 4.46. The summed E-state index contributed by atoms with van der Waals surface area (Å²) in [5.41, 5.74) is 0.537. The molecule has 0 unspecified atom stereocenters. The zero-order chi connectivity index (χ0) is 17.2. The Kier molecular flexibility index (Phi) is 7.21. The number of nitriles is 1. The fourth-order valence-electron chi connectivity index (χ4n) is 1.90. The zero-order valence-corrected chi connectivity index (χ0v) is 13.6. The predicted molar refractivity (Wildman–Crippen MR) is 86.5 cm³/mol. The van der Waals surface area contributed by atoms with Crippen molar-refractivity contribution in [2.45, 2.75) is 13.0 Å². The van der Waals surface area contributed by atoms with Gasteiger partial charge in [0.05, 0.1) is 27.4 Å². The number of hydrogen-bond acceptors (Lipinski definition) is 5. The Morgan fingerprint density at radius 2 is 1.78 bits per heavy atom. The van der Waals surface area contributed by atoms with E-state index in [1.165, 1.54) is 27.4 Å². The van der Waals surface area contributed by atoms with E-state index in [1.54, 1.807) is 30.4 Å². The normalized spacial score (nSPS) is 12.0. The molecule has 0 radical (unpaired) electrons. The average Bonchev–Trinajstić information content (AvgIpc) is 2.58. The fourth-order valence-corrected chi connectivity index (χ4v) is 1.90. The van der Waals surface area contributed by atoms with Crippen LogP contribution in [0.5, 0.6) is 17.2 Å². The van der Waals surface area contributed by atoms with Gasteiger partial charge < -0.3 is 19.5 Å². The Morgan fingerprint density at radius 1 is 1.17 bits per heavy atom. The first-order chi connectivity index (χ1) is 11.1. The molecule has 1 aromatic rings. The topological polar surface area (TPSA) is 80.6 Å². The van der Waals surface area contributed by atoms with Crippen molar-refractivity contribution in [3.8, 4) is 23.3 Å². The average molecular weight is 316 g/mol. The molecular weight excluding hydrogens is 296 g/mol. The van der Waals surface area contributed by atoms with Crippen molar-refractivity contribution in [2.75, 3.05) is 21.3 Å². The molecule has 0 saturated carbocycles. The second-order valence-corrected chi connectivity index (χ2v) is 4.41. The van der Waals surface area contributed by atoms with E-state index in [2.05, 4.69) is 5.32 Å². The molecule has 0 aliphatic heterocycles. The first-order valence-corrected chi connectivity index (χ1v) is 6.90. The minimum atomic E-state index is -0.841. The SMILES string of the molecule is C/C=C/C=C/C(=O)N[C@H](C#N)c1cc(OC)c(OC)c(OC)c1. The molecule has 1 amide bonds. The second-order valence-electron chi connectivity index (χ2n) is 4.41. The van der Waals surface area contributed by atoms with E-state index in [0.717, 1.165) is 0 Å². The van der Waals surface area contributed by atoms with Gasteiger partial charge in [-0.05, 0) is 24.6 Å². The van der Waals surface area contributed by atoms with E-state index in [0.29, 0.717) is 22.8 Å². The van der Waals surface area contributed by atoms with Crippen LogP contribution in [-0.4, -0.2) is 27.2 Å². The van der Waals surface area contributed by atoms with Crippen LogP contribution in [0.2, 0.25) is 0 Å². The third-order valence-electron chi connectivity index (χ3n) is 2.99. The fraction of sp³-hybridized carbons (Fsp3) is 0.294. The summed E-state index contributed by atoms with van der Waals surface area (Å²) >= 11 is 0. The quantitative estimate of drug-likeness (QED) is 0.617. The van der Waals surface area contributed by atoms with E-state index >= 15 is 0 Å². The molecule has 23 heavy (non-hydrogen) atoms. The van der Waals surface area contributed by atoms with Crippen LogP contribution >= 0.6 is 0 Å². The number of carbonyl (C=O) groups excluding carboxylic acids is 1.